The highest BCUT2D eigenvalue weighted by molar-refractivity contribution is 5.77. The average Bonchev–Trinajstić information content (AvgIpc) is 3.22. The number of hydrogen-bond donors (Lipinski definition) is 0. The van der Waals surface area contributed by atoms with E-state index in [1.54, 1.807) is 19.2 Å². The van der Waals surface area contributed by atoms with Gasteiger partial charge < -0.3 is 18.8 Å². The van der Waals surface area contributed by atoms with E-state index in [-0.39, 0.29) is 18.3 Å². The van der Waals surface area contributed by atoms with Crippen molar-refractivity contribution in [2.45, 2.75) is 44.2 Å². The van der Waals surface area contributed by atoms with Crippen LogP contribution in [0.3, 0.4) is 0 Å². The van der Waals surface area contributed by atoms with Crippen molar-refractivity contribution in [3.05, 3.63) is 41.9 Å². The van der Waals surface area contributed by atoms with Crippen LogP contribution in [0.2, 0.25) is 0 Å². The molecule has 0 bridgehead atoms. The molecule has 1 saturated carbocycles. The number of aromatic nitrogens is 2. The predicted molar refractivity (Wildman–Crippen MR) is 96.9 cm³/mol. The van der Waals surface area contributed by atoms with Crippen LogP contribution >= 0.6 is 0 Å². The minimum absolute atomic E-state index is 0.0662. The van der Waals surface area contributed by atoms with Gasteiger partial charge in [-0.05, 0) is 43.7 Å². The minimum Gasteiger partial charge on any atom is -0.493 e. The number of benzene rings is 1. The van der Waals surface area contributed by atoms with Crippen LogP contribution in [0.5, 0.6) is 5.75 Å². The second-order valence-corrected chi connectivity index (χ2v) is 7.34. The molecule has 28 heavy (non-hydrogen) atoms. The summed E-state index contributed by atoms with van der Waals surface area (Å²) in [5, 5.41) is 8.26. The molecule has 8 heteroatoms. The van der Waals surface area contributed by atoms with E-state index >= 15 is 0 Å². The molecule has 1 aliphatic heterocycles. The number of hydrogen-bond acceptors (Lipinski definition) is 6. The van der Waals surface area contributed by atoms with E-state index in [1.165, 1.54) is 12.1 Å². The molecule has 1 aliphatic carbocycles. The number of nitrogens with zero attached hydrogens (tertiary/aromatic N) is 3. The van der Waals surface area contributed by atoms with Gasteiger partial charge in [-0.25, -0.2) is 4.39 Å². The molecule has 2 fully saturated rings. The van der Waals surface area contributed by atoms with Crippen molar-refractivity contribution in [2.24, 2.45) is 5.92 Å². The van der Waals surface area contributed by atoms with Gasteiger partial charge in [-0.3, -0.25) is 4.79 Å². The fourth-order valence-corrected chi connectivity index (χ4v) is 4.30. The summed E-state index contributed by atoms with van der Waals surface area (Å²) in [4.78, 5) is 14.8. The average molecular weight is 389 g/mol. The van der Waals surface area contributed by atoms with E-state index in [1.807, 2.05) is 4.90 Å². The minimum atomic E-state index is -0.459. The Kier molecular flexibility index (Phi) is 5.30. The van der Waals surface area contributed by atoms with Crippen LogP contribution in [0.25, 0.3) is 0 Å². The number of ether oxygens (including phenoxy) is 2. The molecule has 4 rings (SSSR count). The molecule has 0 spiro atoms. The lowest BCUT2D eigenvalue weighted by atomic mass is 9.67. The highest BCUT2D eigenvalue weighted by Crippen LogP contribution is 2.56. The number of fused-ring (bicyclic) bond motifs is 1. The van der Waals surface area contributed by atoms with Gasteiger partial charge in [-0.1, -0.05) is 6.07 Å². The zero-order valence-corrected chi connectivity index (χ0v) is 15.9. The Morgan fingerprint density at radius 1 is 1.39 bits per heavy atom. The number of rotatable bonds is 8. The molecule has 1 amide bonds. The van der Waals surface area contributed by atoms with Gasteiger partial charge in [0.2, 0.25) is 17.7 Å². The number of amides is 1. The summed E-state index contributed by atoms with van der Waals surface area (Å²) in [7, 11) is 1.58. The lowest BCUT2D eigenvalue weighted by Gasteiger charge is -2.47. The van der Waals surface area contributed by atoms with Crippen LogP contribution in [-0.2, 0) is 21.7 Å². The van der Waals surface area contributed by atoms with Gasteiger partial charge in [0.15, 0.2) is 0 Å². The third-order valence-electron chi connectivity index (χ3n) is 5.74. The van der Waals surface area contributed by atoms with Gasteiger partial charge in [0.25, 0.3) is 0 Å². The topological polar surface area (TPSA) is 77.7 Å². The standard InChI is InChI=1S/C20H24FN3O4/c1-26-13-17-22-23-19(28-17)20-9-7-14(20)8-10-24(20)18(25)6-3-11-27-16-5-2-4-15(21)12-16/h2,4-5,12,14H,3,6-11,13H2,1H3/t14-,20-/m0/s1. The highest BCUT2D eigenvalue weighted by Gasteiger charge is 2.60. The van der Waals surface area contributed by atoms with E-state index in [2.05, 4.69) is 10.2 Å². The van der Waals surface area contributed by atoms with Gasteiger partial charge in [-0.15, -0.1) is 10.2 Å². The lowest BCUT2D eigenvalue weighted by molar-refractivity contribution is -0.142. The Labute approximate surface area is 162 Å². The monoisotopic (exact) mass is 389 g/mol. The summed E-state index contributed by atoms with van der Waals surface area (Å²) in [5.74, 6) is 1.53. The Morgan fingerprint density at radius 3 is 3.04 bits per heavy atom. The van der Waals surface area contributed by atoms with Gasteiger partial charge >= 0.3 is 0 Å². The van der Waals surface area contributed by atoms with Crippen molar-refractivity contribution in [2.75, 3.05) is 20.3 Å². The first kappa shape index (κ1) is 18.9. The number of methoxy groups -OCH3 is 1. The van der Waals surface area contributed by atoms with Crippen molar-refractivity contribution in [1.82, 2.24) is 15.1 Å². The third kappa shape index (κ3) is 3.37. The summed E-state index contributed by atoms with van der Waals surface area (Å²) in [5.41, 5.74) is -0.459. The molecule has 1 aromatic heterocycles. The van der Waals surface area contributed by atoms with E-state index < -0.39 is 5.54 Å². The Morgan fingerprint density at radius 2 is 2.29 bits per heavy atom. The third-order valence-corrected chi connectivity index (χ3v) is 5.74. The summed E-state index contributed by atoms with van der Waals surface area (Å²) < 4.78 is 29.6. The molecule has 7 nitrogen and oxygen atoms in total. The maximum atomic E-state index is 13.2. The number of halogens is 1. The van der Waals surface area contributed by atoms with Gasteiger partial charge in [0.05, 0.1) is 6.61 Å². The molecule has 2 aromatic rings. The van der Waals surface area contributed by atoms with Crippen LogP contribution in [0.15, 0.2) is 28.7 Å². The SMILES string of the molecule is COCc1nnc([C@]23CC[C@H]2CCN3C(=O)CCCOc2cccc(F)c2)o1. The van der Waals surface area contributed by atoms with E-state index in [0.717, 1.165) is 19.3 Å². The largest absolute Gasteiger partial charge is 0.493 e. The fourth-order valence-electron chi connectivity index (χ4n) is 4.30. The molecular weight excluding hydrogens is 365 g/mol. The molecule has 0 unspecified atom stereocenters. The van der Waals surface area contributed by atoms with Crippen LogP contribution in [0.1, 0.15) is 43.9 Å². The van der Waals surface area contributed by atoms with Crippen molar-refractivity contribution < 1.29 is 23.1 Å². The number of carbonyl (C=O) groups excluding carboxylic acids is 1. The van der Waals surface area contributed by atoms with Crippen LogP contribution < -0.4 is 4.74 Å². The zero-order valence-electron chi connectivity index (χ0n) is 15.9. The molecule has 0 radical (unpaired) electrons. The summed E-state index contributed by atoms with van der Waals surface area (Å²) in [6, 6.07) is 6.01. The van der Waals surface area contributed by atoms with E-state index in [4.69, 9.17) is 13.9 Å². The molecule has 0 N–H and O–H groups in total. The Hall–Kier alpha value is -2.48. The predicted octanol–water partition coefficient (Wildman–Crippen LogP) is 3.05. The van der Waals surface area contributed by atoms with Crippen molar-refractivity contribution in [1.29, 1.82) is 0 Å². The van der Waals surface area contributed by atoms with Gasteiger partial charge in [0, 0.05) is 26.1 Å². The first-order valence-electron chi connectivity index (χ1n) is 9.64. The quantitative estimate of drug-likeness (QED) is 0.646. The zero-order chi connectivity index (χ0) is 19.6. The summed E-state index contributed by atoms with van der Waals surface area (Å²) in [6.07, 6.45) is 3.79. The molecular formula is C20H24FN3O4. The normalized spacial score (nSPS) is 23.4. The van der Waals surface area contributed by atoms with Gasteiger partial charge in [-0.2, -0.15) is 0 Å². The Balaban J connectivity index is 1.36. The van der Waals surface area contributed by atoms with Crippen LogP contribution in [0.4, 0.5) is 4.39 Å². The first-order valence-corrected chi connectivity index (χ1v) is 9.64. The van der Waals surface area contributed by atoms with Crippen molar-refractivity contribution >= 4 is 5.91 Å². The molecule has 2 heterocycles. The first-order chi connectivity index (χ1) is 13.6. The molecule has 1 saturated heterocycles. The van der Waals surface area contributed by atoms with Gasteiger partial charge in [0.1, 0.15) is 23.7 Å². The number of likely N-dealkylation sites (tertiary alicyclic amines) is 1. The maximum Gasteiger partial charge on any atom is 0.242 e. The summed E-state index contributed by atoms with van der Waals surface area (Å²) in [6.45, 7) is 1.33. The fraction of sp³-hybridized carbons (Fsp3) is 0.550. The summed E-state index contributed by atoms with van der Waals surface area (Å²) >= 11 is 0. The molecule has 2 atom stereocenters. The molecule has 150 valence electrons. The van der Waals surface area contributed by atoms with Crippen LogP contribution in [0, 0.1) is 11.7 Å². The van der Waals surface area contributed by atoms with Crippen molar-refractivity contribution in [3.63, 3.8) is 0 Å². The maximum absolute atomic E-state index is 13.2. The molecule has 2 aliphatic rings. The van der Waals surface area contributed by atoms with Crippen LogP contribution in [-0.4, -0.2) is 41.3 Å². The second-order valence-electron chi connectivity index (χ2n) is 7.34. The smallest absolute Gasteiger partial charge is 0.242 e. The molecule has 1 aromatic carbocycles. The van der Waals surface area contributed by atoms with Crippen molar-refractivity contribution in [3.8, 4) is 5.75 Å². The van der Waals surface area contributed by atoms with E-state index in [0.29, 0.717) is 49.4 Å². The highest BCUT2D eigenvalue weighted by atomic mass is 19.1. The Bertz CT molecular complexity index is 842. The second kappa shape index (κ2) is 7.87. The van der Waals surface area contributed by atoms with E-state index in [9.17, 15) is 9.18 Å². The lowest BCUT2D eigenvalue weighted by Crippen LogP contribution is -2.54. The number of carbonyl (C=O) groups is 1.